The zero-order valence-electron chi connectivity index (χ0n) is 23.6. The first-order chi connectivity index (χ1) is 20.9. The zero-order chi connectivity index (χ0) is 31.6. The minimum Gasteiger partial charge on any atom is -0.478 e. The van der Waals surface area contributed by atoms with Crippen molar-refractivity contribution in [1.29, 1.82) is 0 Å². The van der Waals surface area contributed by atoms with Crippen LogP contribution in [-0.4, -0.2) is 27.5 Å². The molecule has 44 heavy (non-hydrogen) atoms. The fourth-order valence-electron chi connectivity index (χ4n) is 4.91. The van der Waals surface area contributed by atoms with Crippen molar-refractivity contribution in [1.82, 2.24) is 4.57 Å². The average molecular weight is 598 g/mol. The Morgan fingerprint density at radius 3 is 1.95 bits per heavy atom. The number of rotatable bonds is 7. The van der Waals surface area contributed by atoms with E-state index in [4.69, 9.17) is 5.11 Å². The van der Waals surface area contributed by atoms with E-state index in [1.165, 1.54) is 29.0 Å². The van der Waals surface area contributed by atoms with Crippen LogP contribution >= 0.6 is 0 Å². The molecular formula is C34H26F3N3O4. The highest BCUT2D eigenvalue weighted by molar-refractivity contribution is 6.11. The molecule has 0 aliphatic rings. The topological polar surface area (TPSA) is 100 Å². The van der Waals surface area contributed by atoms with Crippen LogP contribution in [0.4, 0.5) is 24.5 Å². The van der Waals surface area contributed by atoms with Gasteiger partial charge in [-0.05, 0) is 65.6 Å². The molecule has 2 amide bonds. The molecule has 0 atom stereocenters. The maximum atomic E-state index is 13.5. The van der Waals surface area contributed by atoms with Crippen LogP contribution in [0.5, 0.6) is 0 Å². The van der Waals surface area contributed by atoms with Gasteiger partial charge < -0.3 is 20.3 Å². The van der Waals surface area contributed by atoms with Crippen molar-refractivity contribution in [3.05, 3.63) is 131 Å². The van der Waals surface area contributed by atoms with E-state index in [1.54, 1.807) is 80.7 Å². The minimum absolute atomic E-state index is 0.155. The summed E-state index contributed by atoms with van der Waals surface area (Å²) in [5, 5.41) is 14.6. The number of aryl methyl sites for hydroxylation is 1. The number of aromatic nitrogens is 1. The van der Waals surface area contributed by atoms with Gasteiger partial charge in [0.05, 0.1) is 16.8 Å². The quantitative estimate of drug-likeness (QED) is 0.178. The number of carbonyl (C=O) groups excluding carboxylic acids is 2. The lowest BCUT2D eigenvalue weighted by molar-refractivity contribution is -0.137. The van der Waals surface area contributed by atoms with Crippen LogP contribution in [0.2, 0.25) is 0 Å². The molecule has 1 heterocycles. The van der Waals surface area contributed by atoms with Crippen molar-refractivity contribution >= 4 is 29.2 Å². The molecule has 7 nitrogen and oxygen atoms in total. The number of carboxylic acid groups (broad SMARTS) is 1. The molecule has 1 aromatic heterocycles. The van der Waals surface area contributed by atoms with Crippen molar-refractivity contribution in [2.45, 2.75) is 13.1 Å². The van der Waals surface area contributed by atoms with Gasteiger partial charge >= 0.3 is 12.1 Å². The standard InChI is InChI=1S/C34H26F3N3O4/c1-20-29(39-31(41)28-18-25(34(35,36)37)14-17-27(28)23-6-4-3-5-7-23)19-40(2)30(20)32(42)38-26-15-12-22(13-16-26)21-8-10-24(11-9-21)33(43)44/h3-19H,1-2H3,(H,38,42)(H,39,41)(H,43,44). The monoisotopic (exact) mass is 597 g/mol. The second kappa shape index (κ2) is 11.9. The highest BCUT2D eigenvalue weighted by Gasteiger charge is 2.32. The Morgan fingerprint density at radius 1 is 0.750 bits per heavy atom. The van der Waals surface area contributed by atoms with E-state index in [-0.39, 0.29) is 22.5 Å². The number of nitrogens with zero attached hydrogens (tertiary/aromatic N) is 1. The molecule has 0 saturated heterocycles. The molecule has 0 spiro atoms. The van der Waals surface area contributed by atoms with Gasteiger partial charge in [-0.1, -0.05) is 60.7 Å². The Morgan fingerprint density at radius 2 is 1.36 bits per heavy atom. The number of carboxylic acids is 1. The van der Waals surface area contributed by atoms with Crippen molar-refractivity contribution < 1.29 is 32.7 Å². The molecule has 0 aliphatic heterocycles. The van der Waals surface area contributed by atoms with Crippen LogP contribution in [0.1, 0.15) is 42.3 Å². The number of alkyl halides is 3. The van der Waals surface area contributed by atoms with E-state index in [9.17, 15) is 27.6 Å². The fourth-order valence-corrected chi connectivity index (χ4v) is 4.91. The van der Waals surface area contributed by atoms with Crippen LogP contribution in [0.15, 0.2) is 103 Å². The number of halogens is 3. The zero-order valence-corrected chi connectivity index (χ0v) is 23.6. The van der Waals surface area contributed by atoms with Gasteiger partial charge in [0, 0.05) is 30.1 Å². The average Bonchev–Trinajstić information content (AvgIpc) is 3.29. The first kappa shape index (κ1) is 29.8. The van der Waals surface area contributed by atoms with Crippen molar-refractivity contribution in [2.75, 3.05) is 10.6 Å². The Labute approximate surface area is 250 Å². The maximum absolute atomic E-state index is 13.5. The van der Waals surface area contributed by atoms with Crippen molar-refractivity contribution in [3.8, 4) is 22.3 Å². The summed E-state index contributed by atoms with van der Waals surface area (Å²) in [6, 6.07) is 25.1. The van der Waals surface area contributed by atoms with Gasteiger partial charge in [0.25, 0.3) is 11.8 Å². The summed E-state index contributed by atoms with van der Waals surface area (Å²) in [7, 11) is 1.63. The van der Waals surface area contributed by atoms with E-state index < -0.39 is 29.5 Å². The summed E-state index contributed by atoms with van der Waals surface area (Å²) in [5.41, 5.74) is 3.09. The van der Waals surface area contributed by atoms with E-state index in [0.29, 0.717) is 22.4 Å². The van der Waals surface area contributed by atoms with Crippen LogP contribution in [-0.2, 0) is 13.2 Å². The second-order valence-corrected chi connectivity index (χ2v) is 10.1. The summed E-state index contributed by atoms with van der Waals surface area (Å²) < 4.78 is 42.1. The van der Waals surface area contributed by atoms with E-state index in [1.807, 2.05) is 0 Å². The number of anilines is 2. The van der Waals surface area contributed by atoms with Gasteiger partial charge in [0.1, 0.15) is 5.69 Å². The number of amides is 2. The first-order valence-electron chi connectivity index (χ1n) is 13.4. The van der Waals surface area contributed by atoms with Gasteiger partial charge in [0.15, 0.2) is 0 Å². The number of nitrogens with one attached hydrogen (secondary N) is 2. The first-order valence-corrected chi connectivity index (χ1v) is 13.4. The normalized spacial score (nSPS) is 11.2. The molecule has 0 bridgehead atoms. The molecule has 222 valence electrons. The molecule has 0 radical (unpaired) electrons. The molecule has 5 aromatic rings. The highest BCUT2D eigenvalue weighted by atomic mass is 19.4. The SMILES string of the molecule is Cc1c(NC(=O)c2cc(C(F)(F)F)ccc2-c2ccccc2)cn(C)c1C(=O)Nc1ccc(-c2ccc(C(=O)O)cc2)cc1. The van der Waals surface area contributed by atoms with Gasteiger partial charge in [0.2, 0.25) is 0 Å². The minimum atomic E-state index is -4.64. The number of hydrogen-bond donors (Lipinski definition) is 3. The predicted octanol–water partition coefficient (Wildman–Crippen LogP) is 7.89. The van der Waals surface area contributed by atoms with Crippen LogP contribution < -0.4 is 10.6 Å². The Kier molecular flexibility index (Phi) is 8.09. The van der Waals surface area contributed by atoms with Gasteiger partial charge in [-0.3, -0.25) is 9.59 Å². The third-order valence-corrected chi connectivity index (χ3v) is 7.18. The highest BCUT2D eigenvalue weighted by Crippen LogP contribution is 2.34. The smallest absolute Gasteiger partial charge is 0.416 e. The summed E-state index contributed by atoms with van der Waals surface area (Å²) >= 11 is 0. The molecule has 4 aromatic carbocycles. The van der Waals surface area contributed by atoms with Gasteiger partial charge in [-0.15, -0.1) is 0 Å². The summed E-state index contributed by atoms with van der Waals surface area (Å²) in [6.07, 6.45) is -3.11. The lowest BCUT2D eigenvalue weighted by Crippen LogP contribution is -2.17. The van der Waals surface area contributed by atoms with Crippen LogP contribution in [0, 0.1) is 6.92 Å². The second-order valence-electron chi connectivity index (χ2n) is 10.1. The molecule has 5 rings (SSSR count). The van der Waals surface area contributed by atoms with E-state index in [0.717, 1.165) is 23.3 Å². The number of aromatic carboxylic acids is 1. The third kappa shape index (κ3) is 6.24. The Balaban J connectivity index is 1.36. The number of hydrogen-bond acceptors (Lipinski definition) is 3. The predicted molar refractivity (Wildman–Crippen MR) is 162 cm³/mol. The van der Waals surface area contributed by atoms with Crippen molar-refractivity contribution in [2.24, 2.45) is 7.05 Å². The third-order valence-electron chi connectivity index (χ3n) is 7.18. The molecule has 0 unspecified atom stereocenters. The fraction of sp³-hybridized carbons (Fsp3) is 0.0882. The summed E-state index contributed by atoms with van der Waals surface area (Å²) in [6.45, 7) is 1.64. The summed E-state index contributed by atoms with van der Waals surface area (Å²) in [5.74, 6) is -2.21. The lowest BCUT2D eigenvalue weighted by Gasteiger charge is -2.14. The number of carbonyl (C=O) groups is 3. The van der Waals surface area contributed by atoms with E-state index >= 15 is 0 Å². The lowest BCUT2D eigenvalue weighted by atomic mass is 9.96. The summed E-state index contributed by atoms with van der Waals surface area (Å²) in [4.78, 5) is 37.7. The van der Waals surface area contributed by atoms with E-state index in [2.05, 4.69) is 10.6 Å². The van der Waals surface area contributed by atoms with Crippen LogP contribution in [0.25, 0.3) is 22.3 Å². The number of benzene rings is 4. The van der Waals surface area contributed by atoms with Crippen molar-refractivity contribution in [3.63, 3.8) is 0 Å². The molecular weight excluding hydrogens is 571 g/mol. The molecule has 0 saturated carbocycles. The molecule has 0 fully saturated rings. The van der Waals surface area contributed by atoms with Gasteiger partial charge in [-0.25, -0.2) is 4.79 Å². The van der Waals surface area contributed by atoms with Gasteiger partial charge in [-0.2, -0.15) is 13.2 Å². The Bertz CT molecular complexity index is 1860. The Hall–Kier alpha value is -5.64. The van der Waals surface area contributed by atoms with Crippen LogP contribution in [0.3, 0.4) is 0 Å². The largest absolute Gasteiger partial charge is 0.478 e. The molecule has 0 aliphatic carbocycles. The maximum Gasteiger partial charge on any atom is 0.416 e. The molecule has 10 heteroatoms. The molecule has 3 N–H and O–H groups in total.